The van der Waals surface area contributed by atoms with Crippen molar-refractivity contribution in [1.82, 2.24) is 5.16 Å². The first-order valence-corrected chi connectivity index (χ1v) is 7.19. The minimum absolute atomic E-state index is 0.212. The molecule has 7 nitrogen and oxygen atoms in total. The van der Waals surface area contributed by atoms with E-state index < -0.39 is 18.6 Å². The molecule has 0 saturated carbocycles. The third kappa shape index (κ3) is 3.24. The van der Waals surface area contributed by atoms with Crippen LogP contribution < -0.4 is 4.90 Å². The van der Waals surface area contributed by atoms with E-state index in [2.05, 4.69) is 5.16 Å². The summed E-state index contributed by atoms with van der Waals surface area (Å²) >= 11 is 0. The highest BCUT2D eigenvalue weighted by Crippen LogP contribution is 2.32. The van der Waals surface area contributed by atoms with E-state index >= 15 is 0 Å². The number of carbonyl (C=O) groups is 1. The van der Waals surface area contributed by atoms with E-state index in [1.807, 2.05) is 20.8 Å². The van der Waals surface area contributed by atoms with Crippen LogP contribution in [0.4, 0.5) is 10.6 Å². The fourth-order valence-corrected chi connectivity index (χ4v) is 2.15. The van der Waals surface area contributed by atoms with Crippen molar-refractivity contribution in [2.45, 2.75) is 52.5 Å². The van der Waals surface area contributed by atoms with E-state index in [4.69, 9.17) is 14.0 Å². The van der Waals surface area contributed by atoms with Crippen molar-refractivity contribution < 1.29 is 23.9 Å². The van der Waals surface area contributed by atoms with E-state index in [9.17, 15) is 9.90 Å². The molecule has 1 aliphatic rings. The van der Waals surface area contributed by atoms with Gasteiger partial charge in [0, 0.05) is 11.5 Å². The fourth-order valence-electron chi connectivity index (χ4n) is 2.15. The summed E-state index contributed by atoms with van der Waals surface area (Å²) in [6, 6.07) is 1.73. The maximum absolute atomic E-state index is 11.6. The number of carbonyl (C=O) groups excluding carboxylic acids is 1. The number of rotatable bonds is 3. The Kier molecular flexibility index (Phi) is 4.46. The zero-order valence-corrected chi connectivity index (χ0v) is 13.5. The largest absolute Gasteiger partial charge is 0.510 e. The second-order valence-corrected chi connectivity index (χ2v) is 6.18. The Balaban J connectivity index is 2.23. The minimum Gasteiger partial charge on any atom is -0.435 e. The average molecular weight is 310 g/mol. The molecule has 0 radical (unpaired) electrons. The van der Waals surface area contributed by atoms with E-state index in [0.717, 1.165) is 0 Å². The molecule has 2 heterocycles. The predicted molar refractivity (Wildman–Crippen MR) is 79.3 cm³/mol. The molecule has 0 fully saturated rings. The van der Waals surface area contributed by atoms with Gasteiger partial charge < -0.3 is 19.1 Å². The van der Waals surface area contributed by atoms with Gasteiger partial charge in [-0.05, 0) is 25.5 Å². The van der Waals surface area contributed by atoms with Crippen molar-refractivity contribution in [2.75, 3.05) is 11.5 Å². The van der Waals surface area contributed by atoms with Crippen LogP contribution in [0.1, 0.15) is 40.4 Å². The zero-order valence-electron chi connectivity index (χ0n) is 13.5. The number of aliphatic hydroxyl groups is 1. The van der Waals surface area contributed by atoms with Crippen LogP contribution in [0.3, 0.4) is 0 Å². The maximum atomic E-state index is 11.6. The summed E-state index contributed by atoms with van der Waals surface area (Å²) in [5.74, 6) is 1.08. The van der Waals surface area contributed by atoms with Crippen LogP contribution in [0.25, 0.3) is 0 Å². The standard InChI is InChI=1S/C15H22N2O5/c1-6-20-14(19)21-13-9(2)7-12(18)17(13)11-8-10(22-16-11)15(3,4)5/h7-8,12-13,18H,6H2,1-5H3. The third-order valence-corrected chi connectivity index (χ3v) is 3.31. The Bertz CT molecular complexity index is 573. The Morgan fingerprint density at radius 3 is 2.73 bits per heavy atom. The molecule has 2 unspecified atom stereocenters. The number of aromatic nitrogens is 1. The predicted octanol–water partition coefficient (Wildman–Crippen LogP) is 2.56. The molecule has 122 valence electrons. The first-order valence-electron chi connectivity index (χ1n) is 7.19. The van der Waals surface area contributed by atoms with Crippen LogP contribution in [0.5, 0.6) is 0 Å². The van der Waals surface area contributed by atoms with E-state index in [1.54, 1.807) is 26.0 Å². The van der Waals surface area contributed by atoms with Crippen molar-refractivity contribution in [1.29, 1.82) is 0 Å². The van der Waals surface area contributed by atoms with E-state index in [0.29, 0.717) is 17.2 Å². The SMILES string of the molecule is CCOC(=O)OC1C(C)=CC(O)N1c1cc(C(C)(C)C)on1. The van der Waals surface area contributed by atoms with Gasteiger partial charge in [-0.1, -0.05) is 25.9 Å². The van der Waals surface area contributed by atoms with E-state index in [1.165, 1.54) is 4.90 Å². The van der Waals surface area contributed by atoms with Crippen molar-refractivity contribution in [2.24, 2.45) is 0 Å². The monoisotopic (exact) mass is 310 g/mol. The second kappa shape index (κ2) is 6.00. The highest BCUT2D eigenvalue weighted by Gasteiger charge is 2.37. The molecular formula is C15H22N2O5. The average Bonchev–Trinajstić information content (AvgIpc) is 2.95. The van der Waals surface area contributed by atoms with Crippen LogP contribution in [0.2, 0.25) is 0 Å². The van der Waals surface area contributed by atoms with Crippen molar-refractivity contribution in [3.05, 3.63) is 23.5 Å². The molecule has 2 atom stereocenters. The van der Waals surface area contributed by atoms with Crippen LogP contribution in [-0.2, 0) is 14.9 Å². The van der Waals surface area contributed by atoms with Gasteiger partial charge in [0.1, 0.15) is 5.76 Å². The van der Waals surface area contributed by atoms with Gasteiger partial charge in [-0.15, -0.1) is 0 Å². The summed E-state index contributed by atoms with van der Waals surface area (Å²) in [6.07, 6.45) is -0.918. The van der Waals surface area contributed by atoms with Gasteiger partial charge >= 0.3 is 6.16 Å². The smallest absolute Gasteiger partial charge is 0.435 e. The number of hydrogen-bond acceptors (Lipinski definition) is 7. The van der Waals surface area contributed by atoms with E-state index in [-0.39, 0.29) is 12.0 Å². The summed E-state index contributed by atoms with van der Waals surface area (Å²) in [4.78, 5) is 13.0. The van der Waals surface area contributed by atoms with Gasteiger partial charge in [-0.3, -0.25) is 4.90 Å². The molecule has 7 heteroatoms. The number of anilines is 1. The zero-order chi connectivity index (χ0) is 16.5. The summed E-state index contributed by atoms with van der Waals surface area (Å²) in [5.41, 5.74) is 0.483. The summed E-state index contributed by atoms with van der Waals surface area (Å²) in [5, 5.41) is 14.2. The summed E-state index contributed by atoms with van der Waals surface area (Å²) in [7, 11) is 0. The number of nitrogens with zero attached hydrogens (tertiary/aromatic N) is 2. The summed E-state index contributed by atoms with van der Waals surface area (Å²) in [6.45, 7) is 9.65. The third-order valence-electron chi connectivity index (χ3n) is 3.31. The molecule has 1 aromatic heterocycles. The lowest BCUT2D eigenvalue weighted by Gasteiger charge is -2.27. The normalized spacial score (nSPS) is 21.7. The first kappa shape index (κ1) is 16.4. The molecule has 1 aliphatic heterocycles. The van der Waals surface area contributed by atoms with Crippen molar-refractivity contribution >= 4 is 12.0 Å². The molecule has 0 amide bonds. The lowest BCUT2D eigenvalue weighted by Crippen LogP contribution is -2.41. The Morgan fingerprint density at radius 1 is 1.50 bits per heavy atom. The van der Waals surface area contributed by atoms with Crippen LogP contribution in [0, 0.1) is 0 Å². The van der Waals surface area contributed by atoms with Crippen LogP contribution >= 0.6 is 0 Å². The number of aliphatic hydroxyl groups excluding tert-OH is 1. The van der Waals surface area contributed by atoms with Gasteiger partial charge in [0.05, 0.1) is 6.61 Å². The molecule has 2 rings (SSSR count). The minimum atomic E-state index is -0.947. The van der Waals surface area contributed by atoms with Gasteiger partial charge in [-0.25, -0.2) is 4.79 Å². The molecule has 0 bridgehead atoms. The number of ether oxygens (including phenoxy) is 2. The highest BCUT2D eigenvalue weighted by atomic mass is 16.7. The number of hydrogen-bond donors (Lipinski definition) is 1. The second-order valence-electron chi connectivity index (χ2n) is 6.18. The molecular weight excluding hydrogens is 288 g/mol. The topological polar surface area (TPSA) is 85.0 Å². The Labute approximate surface area is 129 Å². The van der Waals surface area contributed by atoms with Crippen molar-refractivity contribution in [3.63, 3.8) is 0 Å². The molecule has 0 spiro atoms. The maximum Gasteiger partial charge on any atom is 0.510 e. The lowest BCUT2D eigenvalue weighted by atomic mass is 9.93. The van der Waals surface area contributed by atoms with Gasteiger partial charge in [0.15, 0.2) is 12.0 Å². The van der Waals surface area contributed by atoms with Gasteiger partial charge in [-0.2, -0.15) is 0 Å². The molecule has 1 N–H and O–H groups in total. The molecule has 0 aliphatic carbocycles. The highest BCUT2D eigenvalue weighted by molar-refractivity contribution is 5.62. The first-order chi connectivity index (χ1) is 10.2. The quantitative estimate of drug-likeness (QED) is 0.678. The lowest BCUT2D eigenvalue weighted by molar-refractivity contribution is 0.0310. The summed E-state index contributed by atoms with van der Waals surface area (Å²) < 4.78 is 15.4. The molecule has 0 saturated heterocycles. The van der Waals surface area contributed by atoms with Crippen molar-refractivity contribution in [3.8, 4) is 0 Å². The molecule has 0 aromatic carbocycles. The van der Waals surface area contributed by atoms with Crippen LogP contribution in [0.15, 0.2) is 22.2 Å². The fraction of sp³-hybridized carbons (Fsp3) is 0.600. The van der Waals surface area contributed by atoms with Gasteiger partial charge in [0.25, 0.3) is 0 Å². The Hall–Kier alpha value is -2.02. The van der Waals surface area contributed by atoms with Crippen LogP contribution in [-0.4, -0.2) is 35.5 Å². The Morgan fingerprint density at radius 2 is 2.18 bits per heavy atom. The molecule has 22 heavy (non-hydrogen) atoms. The molecule has 1 aromatic rings. The van der Waals surface area contributed by atoms with Gasteiger partial charge in [0.2, 0.25) is 6.23 Å².